The third kappa shape index (κ3) is 7.54. The second kappa shape index (κ2) is 6.99. The highest BCUT2D eigenvalue weighted by molar-refractivity contribution is 7.58. The number of primary amides is 1. The monoisotopic (exact) mass is 236 g/mol. The molecule has 0 rings (SSSR count). The topological polar surface area (TPSA) is 95.4 Å². The zero-order chi connectivity index (χ0) is 11.9. The van der Waals surface area contributed by atoms with Crippen LogP contribution in [0.3, 0.4) is 0 Å². The molecule has 5 nitrogen and oxygen atoms in total. The van der Waals surface area contributed by atoms with E-state index >= 15 is 0 Å². The van der Waals surface area contributed by atoms with Crippen molar-refractivity contribution < 1.29 is 13.9 Å². The van der Waals surface area contributed by atoms with Crippen LogP contribution in [0, 0.1) is 0 Å². The van der Waals surface area contributed by atoms with Crippen LogP contribution in [0.2, 0.25) is 0 Å². The summed E-state index contributed by atoms with van der Waals surface area (Å²) in [4.78, 5) is 10.6. The predicted octanol–water partition coefficient (Wildman–Crippen LogP) is 0.914. The van der Waals surface area contributed by atoms with Gasteiger partial charge in [-0.2, -0.15) is 0 Å². The Morgan fingerprint density at radius 3 is 2.60 bits per heavy atom. The lowest BCUT2D eigenvalue weighted by Crippen LogP contribution is -2.36. The van der Waals surface area contributed by atoms with Crippen LogP contribution >= 0.6 is 7.37 Å². The van der Waals surface area contributed by atoms with Gasteiger partial charge in [0.15, 0.2) is 7.37 Å². The third-order valence-corrected chi connectivity index (χ3v) is 3.87. The van der Waals surface area contributed by atoms with Crippen molar-refractivity contribution in [1.29, 1.82) is 0 Å². The van der Waals surface area contributed by atoms with E-state index in [0.29, 0.717) is 19.2 Å². The maximum atomic E-state index is 11.8. The first-order chi connectivity index (χ1) is 6.89. The van der Waals surface area contributed by atoms with Crippen molar-refractivity contribution in [2.75, 3.05) is 19.4 Å². The zero-order valence-electron chi connectivity index (χ0n) is 9.44. The number of amides is 1. The minimum Gasteiger partial charge on any atom is -0.368 e. The van der Waals surface area contributed by atoms with Crippen molar-refractivity contribution in [2.24, 2.45) is 11.5 Å². The van der Waals surface area contributed by atoms with Crippen LogP contribution in [0.4, 0.5) is 0 Å². The van der Waals surface area contributed by atoms with Gasteiger partial charge in [0, 0.05) is 12.8 Å². The number of hydrogen-bond donors (Lipinski definition) is 2. The molecule has 15 heavy (non-hydrogen) atoms. The van der Waals surface area contributed by atoms with Gasteiger partial charge in [-0.15, -0.1) is 0 Å². The van der Waals surface area contributed by atoms with Gasteiger partial charge < -0.3 is 16.0 Å². The second-order valence-electron chi connectivity index (χ2n) is 3.72. The average molecular weight is 236 g/mol. The Bertz CT molecular complexity index is 246. The standard InChI is InChI=1S/C9H21N2O3P/c1-3-4-6-14-15(2,13)7-5-8(10)9(11)12/h8H,3-7,10H2,1-2H3,(H2,11,12). The van der Waals surface area contributed by atoms with Crippen LogP contribution in [0.5, 0.6) is 0 Å². The number of rotatable bonds is 8. The predicted molar refractivity (Wildman–Crippen MR) is 61.0 cm³/mol. The summed E-state index contributed by atoms with van der Waals surface area (Å²) in [5.41, 5.74) is 10.4. The molecule has 0 aliphatic carbocycles. The van der Waals surface area contributed by atoms with Gasteiger partial charge >= 0.3 is 0 Å². The van der Waals surface area contributed by atoms with Gasteiger partial charge in [-0.25, -0.2) is 0 Å². The molecule has 4 N–H and O–H groups in total. The van der Waals surface area contributed by atoms with Gasteiger partial charge in [0.25, 0.3) is 0 Å². The number of carbonyl (C=O) groups is 1. The van der Waals surface area contributed by atoms with Gasteiger partial charge in [0.05, 0.1) is 12.6 Å². The lowest BCUT2D eigenvalue weighted by atomic mass is 10.2. The summed E-state index contributed by atoms with van der Waals surface area (Å²) in [7, 11) is -2.60. The molecule has 0 aliphatic heterocycles. The fourth-order valence-electron chi connectivity index (χ4n) is 0.982. The highest BCUT2D eigenvalue weighted by atomic mass is 31.2. The van der Waals surface area contributed by atoms with Crippen molar-refractivity contribution in [3.63, 3.8) is 0 Å². The van der Waals surface area contributed by atoms with Gasteiger partial charge in [0.1, 0.15) is 0 Å². The second-order valence-corrected chi connectivity index (χ2v) is 6.46. The summed E-state index contributed by atoms with van der Waals surface area (Å²) in [6, 6.07) is -0.729. The molecule has 0 spiro atoms. The Hall–Kier alpha value is -0.380. The first-order valence-electron chi connectivity index (χ1n) is 5.15. The Labute approximate surface area is 91.0 Å². The maximum absolute atomic E-state index is 11.8. The summed E-state index contributed by atoms with van der Waals surface area (Å²) in [5.74, 6) is -0.566. The van der Waals surface area contributed by atoms with Crippen molar-refractivity contribution in [3.05, 3.63) is 0 Å². The molecule has 1 amide bonds. The molecular weight excluding hydrogens is 215 g/mol. The molecule has 0 heterocycles. The molecular formula is C9H21N2O3P. The molecule has 0 aromatic carbocycles. The molecule has 2 atom stereocenters. The first kappa shape index (κ1) is 14.6. The fraction of sp³-hybridized carbons (Fsp3) is 0.889. The van der Waals surface area contributed by atoms with Crippen molar-refractivity contribution in [1.82, 2.24) is 0 Å². The van der Waals surface area contributed by atoms with Crippen molar-refractivity contribution >= 4 is 13.3 Å². The number of carbonyl (C=O) groups excluding carboxylic acids is 1. The van der Waals surface area contributed by atoms with Crippen LogP contribution in [-0.4, -0.2) is 31.4 Å². The van der Waals surface area contributed by atoms with E-state index in [9.17, 15) is 9.36 Å². The summed E-state index contributed by atoms with van der Waals surface area (Å²) < 4.78 is 17.0. The summed E-state index contributed by atoms with van der Waals surface area (Å²) in [6.07, 6.45) is 2.51. The lowest BCUT2D eigenvalue weighted by molar-refractivity contribution is -0.119. The normalized spacial score (nSPS) is 17.0. The van der Waals surface area contributed by atoms with E-state index in [0.717, 1.165) is 12.8 Å². The zero-order valence-corrected chi connectivity index (χ0v) is 10.3. The van der Waals surface area contributed by atoms with Crippen molar-refractivity contribution in [3.8, 4) is 0 Å². The molecule has 0 aromatic heterocycles. The largest absolute Gasteiger partial charge is 0.368 e. The molecule has 0 aromatic rings. The van der Waals surface area contributed by atoms with Crippen LogP contribution in [-0.2, 0) is 13.9 Å². The maximum Gasteiger partial charge on any atom is 0.234 e. The Morgan fingerprint density at radius 1 is 1.53 bits per heavy atom. The minimum atomic E-state index is -2.60. The van der Waals surface area contributed by atoms with Crippen LogP contribution < -0.4 is 11.5 Å². The highest BCUT2D eigenvalue weighted by Gasteiger charge is 2.19. The third-order valence-electron chi connectivity index (χ3n) is 2.07. The fourth-order valence-corrected chi connectivity index (χ4v) is 2.37. The van der Waals surface area contributed by atoms with E-state index in [4.69, 9.17) is 16.0 Å². The van der Waals surface area contributed by atoms with E-state index in [2.05, 4.69) is 0 Å². The smallest absolute Gasteiger partial charge is 0.234 e. The van der Waals surface area contributed by atoms with Crippen LogP contribution in [0.25, 0.3) is 0 Å². The van der Waals surface area contributed by atoms with Gasteiger partial charge in [-0.1, -0.05) is 13.3 Å². The van der Waals surface area contributed by atoms with E-state index < -0.39 is 19.3 Å². The molecule has 0 radical (unpaired) electrons. The van der Waals surface area contributed by atoms with E-state index in [-0.39, 0.29) is 0 Å². The Morgan fingerprint density at radius 2 is 2.13 bits per heavy atom. The lowest BCUT2D eigenvalue weighted by Gasteiger charge is -2.15. The van der Waals surface area contributed by atoms with Gasteiger partial charge in [0.2, 0.25) is 5.91 Å². The van der Waals surface area contributed by atoms with Crippen LogP contribution in [0.1, 0.15) is 26.2 Å². The molecule has 0 fully saturated rings. The first-order valence-corrected chi connectivity index (χ1v) is 7.40. The quantitative estimate of drug-likeness (QED) is 0.483. The Balaban J connectivity index is 3.83. The van der Waals surface area contributed by atoms with E-state index in [1.807, 2.05) is 6.92 Å². The van der Waals surface area contributed by atoms with Crippen molar-refractivity contribution in [2.45, 2.75) is 32.2 Å². The molecule has 2 unspecified atom stereocenters. The molecule has 0 aliphatic rings. The molecule has 6 heteroatoms. The van der Waals surface area contributed by atoms with E-state index in [1.54, 1.807) is 6.66 Å². The SMILES string of the molecule is CCCCOP(C)(=O)CCC(N)C(N)=O. The van der Waals surface area contributed by atoms with E-state index in [1.165, 1.54) is 0 Å². The number of nitrogens with two attached hydrogens (primary N) is 2. The number of hydrogen-bond acceptors (Lipinski definition) is 4. The Kier molecular flexibility index (Phi) is 6.81. The van der Waals surface area contributed by atoms with Crippen LogP contribution in [0.15, 0.2) is 0 Å². The molecule has 0 saturated heterocycles. The minimum absolute atomic E-state index is 0.306. The molecule has 90 valence electrons. The summed E-state index contributed by atoms with van der Waals surface area (Å²) >= 11 is 0. The van der Waals surface area contributed by atoms with Gasteiger partial charge in [-0.05, 0) is 12.8 Å². The summed E-state index contributed by atoms with van der Waals surface area (Å²) in [5, 5.41) is 0. The molecule has 0 bridgehead atoms. The molecule has 0 saturated carbocycles. The van der Waals surface area contributed by atoms with Gasteiger partial charge in [-0.3, -0.25) is 9.36 Å². The summed E-state index contributed by atoms with van der Waals surface area (Å²) in [6.45, 7) is 4.10. The average Bonchev–Trinajstić information content (AvgIpc) is 2.14. The highest BCUT2D eigenvalue weighted by Crippen LogP contribution is 2.43. The number of unbranched alkanes of at least 4 members (excludes halogenated alkanes) is 1.